The van der Waals surface area contributed by atoms with Gasteiger partial charge in [0.1, 0.15) is 5.60 Å². The fourth-order valence-corrected chi connectivity index (χ4v) is 2.35. The van der Waals surface area contributed by atoms with Crippen molar-refractivity contribution in [2.75, 3.05) is 13.1 Å². The minimum Gasteiger partial charge on any atom is -0.444 e. The lowest BCUT2D eigenvalue weighted by atomic mass is 10.2. The van der Waals surface area contributed by atoms with Gasteiger partial charge in [0, 0.05) is 25.4 Å². The van der Waals surface area contributed by atoms with Crippen molar-refractivity contribution in [3.8, 4) is 0 Å². The van der Waals surface area contributed by atoms with Gasteiger partial charge < -0.3 is 14.2 Å². The zero-order valence-corrected chi connectivity index (χ0v) is 12.5. The summed E-state index contributed by atoms with van der Waals surface area (Å²) in [6, 6.07) is 3.57. The molecule has 0 bridgehead atoms. The molecular weight excluding hydrogens is 256 g/mol. The van der Waals surface area contributed by atoms with E-state index in [-0.39, 0.29) is 17.7 Å². The van der Waals surface area contributed by atoms with Crippen molar-refractivity contribution in [3.63, 3.8) is 0 Å². The largest absolute Gasteiger partial charge is 0.444 e. The summed E-state index contributed by atoms with van der Waals surface area (Å²) in [6.07, 6.45) is 2.28. The first kappa shape index (κ1) is 14.6. The fourth-order valence-electron chi connectivity index (χ4n) is 2.35. The van der Waals surface area contributed by atoms with Crippen molar-refractivity contribution in [3.05, 3.63) is 34.2 Å². The number of likely N-dealkylation sites (tertiary alicyclic amines) is 1. The van der Waals surface area contributed by atoms with E-state index in [4.69, 9.17) is 4.74 Å². The summed E-state index contributed by atoms with van der Waals surface area (Å²) < 4.78 is 7.06. The molecule has 1 amide bonds. The standard InChI is InChI=1S/C15H22N2O3/c1-11-5-8-17(13(18)9-11)12-6-7-16(10-12)14(19)20-15(2,3)4/h5,8-9,12H,6-7,10H2,1-4H3. The molecule has 1 aliphatic heterocycles. The highest BCUT2D eigenvalue weighted by Crippen LogP contribution is 2.22. The summed E-state index contributed by atoms with van der Waals surface area (Å²) in [7, 11) is 0. The van der Waals surface area contributed by atoms with Crippen molar-refractivity contribution in [2.45, 2.75) is 45.8 Å². The summed E-state index contributed by atoms with van der Waals surface area (Å²) in [5, 5.41) is 0. The zero-order chi connectivity index (χ0) is 14.9. The second-order valence-corrected chi connectivity index (χ2v) is 6.32. The van der Waals surface area contributed by atoms with Gasteiger partial charge in [0.2, 0.25) is 0 Å². The quantitative estimate of drug-likeness (QED) is 0.792. The van der Waals surface area contributed by atoms with Gasteiger partial charge in [-0.3, -0.25) is 4.79 Å². The van der Waals surface area contributed by atoms with Crippen LogP contribution in [0.2, 0.25) is 0 Å². The predicted octanol–water partition coefficient (Wildman–Crippen LogP) is 2.34. The topological polar surface area (TPSA) is 51.5 Å². The number of amides is 1. The van der Waals surface area contributed by atoms with Crippen LogP contribution in [0.4, 0.5) is 4.79 Å². The molecule has 1 aromatic rings. The number of ether oxygens (including phenoxy) is 1. The molecule has 0 spiro atoms. The molecular formula is C15H22N2O3. The smallest absolute Gasteiger partial charge is 0.410 e. The lowest BCUT2D eigenvalue weighted by Crippen LogP contribution is -2.36. The Hall–Kier alpha value is -1.78. The van der Waals surface area contributed by atoms with Crippen LogP contribution < -0.4 is 5.56 Å². The molecule has 1 saturated heterocycles. The van der Waals surface area contributed by atoms with Crippen LogP contribution in [-0.2, 0) is 4.74 Å². The minimum absolute atomic E-state index is 0.0129. The Bertz CT molecular complexity index is 557. The Morgan fingerprint density at radius 3 is 2.70 bits per heavy atom. The highest BCUT2D eigenvalue weighted by molar-refractivity contribution is 5.68. The zero-order valence-electron chi connectivity index (χ0n) is 12.5. The Morgan fingerprint density at radius 2 is 2.10 bits per heavy atom. The fraction of sp³-hybridized carbons (Fsp3) is 0.600. The monoisotopic (exact) mass is 278 g/mol. The molecule has 0 radical (unpaired) electrons. The summed E-state index contributed by atoms with van der Waals surface area (Å²) in [6.45, 7) is 8.60. The van der Waals surface area contributed by atoms with Crippen LogP contribution in [0.1, 0.15) is 38.8 Å². The number of aromatic nitrogens is 1. The van der Waals surface area contributed by atoms with Crippen LogP contribution >= 0.6 is 0 Å². The van der Waals surface area contributed by atoms with Gasteiger partial charge >= 0.3 is 6.09 Å². The Labute approximate surface area is 119 Å². The number of hydrogen-bond acceptors (Lipinski definition) is 3. The van der Waals surface area contributed by atoms with Gasteiger partial charge in [-0.25, -0.2) is 4.79 Å². The second-order valence-electron chi connectivity index (χ2n) is 6.32. The van der Waals surface area contributed by atoms with E-state index in [1.165, 1.54) is 0 Å². The molecule has 1 fully saturated rings. The lowest BCUT2D eigenvalue weighted by molar-refractivity contribution is 0.0289. The maximum Gasteiger partial charge on any atom is 0.410 e. The van der Waals surface area contributed by atoms with Crippen molar-refractivity contribution >= 4 is 6.09 Å². The molecule has 0 N–H and O–H groups in total. The molecule has 1 unspecified atom stereocenters. The third kappa shape index (κ3) is 3.40. The maximum atomic E-state index is 12.0. The molecule has 1 aromatic heterocycles. The Kier molecular flexibility index (Phi) is 3.88. The van der Waals surface area contributed by atoms with E-state index in [2.05, 4.69) is 0 Å². The number of carbonyl (C=O) groups is 1. The van der Waals surface area contributed by atoms with Crippen molar-refractivity contribution < 1.29 is 9.53 Å². The molecule has 20 heavy (non-hydrogen) atoms. The average molecular weight is 278 g/mol. The van der Waals surface area contributed by atoms with Crippen molar-refractivity contribution in [1.82, 2.24) is 9.47 Å². The van der Waals surface area contributed by atoms with Crippen LogP contribution in [-0.4, -0.2) is 34.3 Å². The van der Waals surface area contributed by atoms with Crippen LogP contribution in [0, 0.1) is 6.92 Å². The van der Waals surface area contributed by atoms with Gasteiger partial charge in [-0.1, -0.05) is 0 Å². The van der Waals surface area contributed by atoms with Crippen LogP contribution in [0.25, 0.3) is 0 Å². The first-order chi connectivity index (χ1) is 9.26. The number of hydrogen-bond donors (Lipinski definition) is 0. The maximum absolute atomic E-state index is 12.0. The van der Waals surface area contributed by atoms with E-state index >= 15 is 0 Å². The number of aryl methyl sites for hydroxylation is 1. The Balaban J connectivity index is 2.05. The summed E-state index contributed by atoms with van der Waals surface area (Å²) in [5.41, 5.74) is 0.449. The molecule has 2 rings (SSSR count). The van der Waals surface area contributed by atoms with Crippen LogP contribution in [0.15, 0.2) is 23.1 Å². The molecule has 2 heterocycles. The molecule has 110 valence electrons. The number of rotatable bonds is 1. The predicted molar refractivity (Wildman–Crippen MR) is 76.9 cm³/mol. The highest BCUT2D eigenvalue weighted by Gasteiger charge is 2.30. The van der Waals surface area contributed by atoms with Crippen molar-refractivity contribution in [1.29, 1.82) is 0 Å². The molecule has 0 saturated carbocycles. The van der Waals surface area contributed by atoms with Crippen LogP contribution in [0.3, 0.4) is 0 Å². The van der Waals surface area contributed by atoms with E-state index in [0.29, 0.717) is 13.1 Å². The van der Waals surface area contributed by atoms with E-state index < -0.39 is 5.60 Å². The summed E-state index contributed by atoms with van der Waals surface area (Å²) >= 11 is 0. The van der Waals surface area contributed by atoms with E-state index in [1.807, 2.05) is 33.8 Å². The molecule has 5 heteroatoms. The van der Waals surface area contributed by atoms with Crippen molar-refractivity contribution in [2.24, 2.45) is 0 Å². The van der Waals surface area contributed by atoms with Gasteiger partial charge in [-0.05, 0) is 45.7 Å². The molecule has 1 atom stereocenters. The normalized spacial score (nSPS) is 19.2. The first-order valence-electron chi connectivity index (χ1n) is 6.93. The summed E-state index contributed by atoms with van der Waals surface area (Å²) in [4.78, 5) is 25.6. The highest BCUT2D eigenvalue weighted by atomic mass is 16.6. The lowest BCUT2D eigenvalue weighted by Gasteiger charge is -2.24. The third-order valence-corrected chi connectivity index (χ3v) is 3.31. The van der Waals surface area contributed by atoms with Gasteiger partial charge in [-0.2, -0.15) is 0 Å². The first-order valence-corrected chi connectivity index (χ1v) is 6.93. The number of nitrogens with zero attached hydrogens (tertiary/aromatic N) is 2. The molecule has 0 aromatic carbocycles. The second kappa shape index (κ2) is 5.31. The van der Waals surface area contributed by atoms with E-state index in [9.17, 15) is 9.59 Å². The van der Waals surface area contributed by atoms with Gasteiger partial charge in [-0.15, -0.1) is 0 Å². The minimum atomic E-state index is -0.490. The summed E-state index contributed by atoms with van der Waals surface area (Å²) in [5.74, 6) is 0. The number of carbonyl (C=O) groups excluding carboxylic acids is 1. The van der Waals surface area contributed by atoms with Gasteiger partial charge in [0.05, 0.1) is 6.04 Å². The van der Waals surface area contributed by atoms with E-state index in [0.717, 1.165) is 12.0 Å². The molecule has 5 nitrogen and oxygen atoms in total. The van der Waals surface area contributed by atoms with Crippen LogP contribution in [0.5, 0.6) is 0 Å². The third-order valence-electron chi connectivity index (χ3n) is 3.31. The molecule has 0 aliphatic carbocycles. The van der Waals surface area contributed by atoms with Gasteiger partial charge in [0.25, 0.3) is 5.56 Å². The number of pyridine rings is 1. The van der Waals surface area contributed by atoms with Gasteiger partial charge in [0.15, 0.2) is 0 Å². The van der Waals surface area contributed by atoms with E-state index in [1.54, 1.807) is 21.7 Å². The average Bonchev–Trinajstić information content (AvgIpc) is 2.75. The molecule has 1 aliphatic rings. The SMILES string of the molecule is Cc1ccn(C2CCN(C(=O)OC(C)(C)C)C2)c(=O)c1. The Morgan fingerprint density at radius 1 is 1.40 bits per heavy atom.